The first-order chi connectivity index (χ1) is 12.4. The van der Waals surface area contributed by atoms with Crippen molar-refractivity contribution in [3.63, 3.8) is 0 Å². The van der Waals surface area contributed by atoms with Gasteiger partial charge in [0.25, 0.3) is 5.91 Å². The van der Waals surface area contributed by atoms with E-state index in [4.69, 9.17) is 19.6 Å². The second kappa shape index (κ2) is 9.16. The molecular weight excluding hydrogens is 361 g/mol. The highest BCUT2D eigenvalue weighted by atomic mass is 32.1. The van der Waals surface area contributed by atoms with Crippen molar-refractivity contribution in [3.8, 4) is 17.5 Å². The van der Waals surface area contributed by atoms with Gasteiger partial charge in [-0.1, -0.05) is 6.07 Å². The van der Waals surface area contributed by atoms with Gasteiger partial charge < -0.3 is 19.5 Å². The molecule has 1 aromatic carbocycles. The molecule has 7 nitrogen and oxygen atoms in total. The highest BCUT2D eigenvalue weighted by Gasteiger charge is 2.15. The van der Waals surface area contributed by atoms with Gasteiger partial charge in [0.05, 0.1) is 12.2 Å². The minimum Gasteiger partial charge on any atom is -0.472 e. The van der Waals surface area contributed by atoms with Crippen molar-refractivity contribution in [2.75, 3.05) is 13.7 Å². The second-order valence-electron chi connectivity index (χ2n) is 5.28. The summed E-state index contributed by atoms with van der Waals surface area (Å²) in [6.07, 6.45) is -0.323. The molecule has 26 heavy (non-hydrogen) atoms. The first-order valence-electron chi connectivity index (χ1n) is 7.57. The molecule has 1 aromatic heterocycles. The molecule has 0 radical (unpaired) electrons. The number of thiol groups is 1. The predicted molar refractivity (Wildman–Crippen MR) is 96.9 cm³/mol. The Morgan fingerprint density at radius 2 is 2.08 bits per heavy atom. The van der Waals surface area contributed by atoms with Gasteiger partial charge in [-0.25, -0.2) is 4.39 Å². The topological polar surface area (TPSA) is 93.5 Å². The van der Waals surface area contributed by atoms with Crippen LogP contribution in [-0.2, 0) is 4.74 Å². The van der Waals surface area contributed by atoms with Crippen LogP contribution in [0.25, 0.3) is 0 Å². The molecule has 0 fully saturated rings. The van der Waals surface area contributed by atoms with E-state index in [0.29, 0.717) is 6.61 Å². The molecule has 2 aromatic rings. The SMILES string of the molecule is COC[C@@H](C)Oc1cc(C(=O)NC(=N)S)cc(Oc2cccc(F)c2)n1. The second-order valence-corrected chi connectivity index (χ2v) is 5.73. The largest absolute Gasteiger partial charge is 0.472 e. The summed E-state index contributed by atoms with van der Waals surface area (Å²) in [5.74, 6) is -0.674. The number of ether oxygens (including phenoxy) is 3. The third kappa shape index (κ3) is 6.01. The van der Waals surface area contributed by atoms with Crippen LogP contribution in [0, 0.1) is 11.2 Å². The number of amides is 1. The van der Waals surface area contributed by atoms with E-state index in [9.17, 15) is 9.18 Å². The van der Waals surface area contributed by atoms with Gasteiger partial charge in [0.1, 0.15) is 17.7 Å². The van der Waals surface area contributed by atoms with E-state index in [2.05, 4.69) is 22.9 Å². The van der Waals surface area contributed by atoms with Crippen LogP contribution in [0.5, 0.6) is 17.5 Å². The zero-order valence-corrected chi connectivity index (χ0v) is 15.0. The fraction of sp³-hybridized carbons (Fsp3) is 0.235. The summed E-state index contributed by atoms with van der Waals surface area (Å²) in [7, 11) is 1.54. The average molecular weight is 379 g/mol. The summed E-state index contributed by atoms with van der Waals surface area (Å²) in [6.45, 7) is 2.09. The molecule has 0 unspecified atom stereocenters. The van der Waals surface area contributed by atoms with Crippen LogP contribution in [0.15, 0.2) is 36.4 Å². The Hall–Kier alpha value is -2.65. The monoisotopic (exact) mass is 379 g/mol. The maximum atomic E-state index is 13.3. The van der Waals surface area contributed by atoms with Gasteiger partial charge in [0.15, 0.2) is 5.17 Å². The molecule has 0 aliphatic heterocycles. The minimum absolute atomic E-state index is 0.0357. The van der Waals surface area contributed by atoms with Crippen LogP contribution in [0.2, 0.25) is 0 Å². The van der Waals surface area contributed by atoms with Crippen molar-refractivity contribution >= 4 is 23.7 Å². The number of carbonyl (C=O) groups excluding carboxylic acids is 1. The molecule has 1 amide bonds. The Labute approximate surface area is 155 Å². The lowest BCUT2D eigenvalue weighted by molar-refractivity contribution is 0.0880. The molecule has 9 heteroatoms. The van der Waals surface area contributed by atoms with Gasteiger partial charge in [0.2, 0.25) is 11.8 Å². The zero-order valence-electron chi connectivity index (χ0n) is 14.2. The number of benzene rings is 1. The standard InChI is InChI=1S/C17H18FN3O4S/c1-10(9-23-2)24-14-6-11(16(22)21-17(19)26)7-15(20-14)25-13-5-3-4-12(18)8-13/h3-8,10H,9H2,1-2H3,(H3,19,21,22,26)/t10-/m1/s1. The number of methoxy groups -OCH3 is 1. The Bertz CT molecular complexity index is 803. The summed E-state index contributed by atoms with van der Waals surface area (Å²) in [5.41, 5.74) is 0.143. The summed E-state index contributed by atoms with van der Waals surface area (Å²) < 4.78 is 29.5. The third-order valence-electron chi connectivity index (χ3n) is 3.01. The molecule has 0 aliphatic rings. The molecule has 0 spiro atoms. The molecule has 0 aliphatic carbocycles. The summed E-state index contributed by atoms with van der Waals surface area (Å²) in [4.78, 5) is 16.3. The van der Waals surface area contributed by atoms with Crippen molar-refractivity contribution in [2.45, 2.75) is 13.0 Å². The Morgan fingerprint density at radius 3 is 2.73 bits per heavy atom. The Kier molecular flexibility index (Phi) is 6.93. The van der Waals surface area contributed by atoms with Gasteiger partial charge >= 0.3 is 0 Å². The van der Waals surface area contributed by atoms with Gasteiger partial charge in [0, 0.05) is 25.3 Å². The summed E-state index contributed by atoms with van der Waals surface area (Å²) in [6, 6.07) is 8.26. The van der Waals surface area contributed by atoms with Gasteiger partial charge in [-0.2, -0.15) is 4.98 Å². The number of hydrogen-bond donors (Lipinski definition) is 3. The number of aromatic nitrogens is 1. The van der Waals surface area contributed by atoms with Crippen molar-refractivity contribution in [1.82, 2.24) is 10.3 Å². The number of halogens is 1. The highest BCUT2D eigenvalue weighted by Crippen LogP contribution is 2.25. The van der Waals surface area contributed by atoms with Crippen molar-refractivity contribution in [3.05, 3.63) is 47.8 Å². The zero-order chi connectivity index (χ0) is 19.1. The van der Waals surface area contributed by atoms with Crippen molar-refractivity contribution < 1.29 is 23.4 Å². The number of nitrogens with zero attached hydrogens (tertiary/aromatic N) is 1. The molecule has 1 atom stereocenters. The molecule has 1 heterocycles. The van der Waals surface area contributed by atoms with E-state index in [0.717, 1.165) is 0 Å². The summed E-state index contributed by atoms with van der Waals surface area (Å²) in [5, 5.41) is 9.19. The predicted octanol–water partition coefficient (Wildman–Crippen LogP) is 3.02. The lowest BCUT2D eigenvalue weighted by Crippen LogP contribution is -2.26. The lowest BCUT2D eigenvalue weighted by Gasteiger charge is -2.15. The van der Waals surface area contributed by atoms with Crippen molar-refractivity contribution in [2.24, 2.45) is 0 Å². The lowest BCUT2D eigenvalue weighted by atomic mass is 10.2. The number of rotatable bonds is 7. The molecule has 2 N–H and O–H groups in total. The number of amidine groups is 1. The maximum Gasteiger partial charge on any atom is 0.257 e. The van der Waals surface area contributed by atoms with Gasteiger partial charge in [-0.15, -0.1) is 12.6 Å². The number of carbonyl (C=O) groups is 1. The molecule has 0 bridgehead atoms. The Morgan fingerprint density at radius 1 is 1.35 bits per heavy atom. The van der Waals surface area contributed by atoms with E-state index in [1.165, 1.54) is 37.4 Å². The third-order valence-corrected chi connectivity index (χ3v) is 3.13. The number of nitrogens with one attached hydrogen (secondary N) is 2. The first-order valence-corrected chi connectivity index (χ1v) is 8.02. The van der Waals surface area contributed by atoms with Gasteiger partial charge in [-0.05, 0) is 19.1 Å². The van der Waals surface area contributed by atoms with Crippen LogP contribution < -0.4 is 14.8 Å². The van der Waals surface area contributed by atoms with E-state index < -0.39 is 11.7 Å². The molecule has 2 rings (SSSR count). The van der Waals surface area contributed by atoms with E-state index in [1.54, 1.807) is 13.0 Å². The van der Waals surface area contributed by atoms with Crippen LogP contribution in [-0.4, -0.2) is 35.9 Å². The quantitative estimate of drug-likeness (QED) is 0.391. The normalized spacial score (nSPS) is 11.5. The average Bonchev–Trinajstić information content (AvgIpc) is 2.54. The smallest absolute Gasteiger partial charge is 0.257 e. The fourth-order valence-corrected chi connectivity index (χ4v) is 2.13. The van der Waals surface area contributed by atoms with Crippen molar-refractivity contribution in [1.29, 1.82) is 5.41 Å². The van der Waals surface area contributed by atoms with E-state index in [1.807, 2.05) is 0 Å². The fourth-order valence-electron chi connectivity index (χ4n) is 2.03. The Balaban J connectivity index is 2.32. The van der Waals surface area contributed by atoms with Crippen LogP contribution in [0.3, 0.4) is 0 Å². The molecule has 0 saturated carbocycles. The number of pyridine rings is 1. The van der Waals surface area contributed by atoms with Gasteiger partial charge in [-0.3, -0.25) is 10.2 Å². The first kappa shape index (κ1) is 19.7. The van der Waals surface area contributed by atoms with Crippen LogP contribution >= 0.6 is 12.6 Å². The minimum atomic E-state index is -0.583. The number of hydrogen-bond acceptors (Lipinski definition) is 6. The van der Waals surface area contributed by atoms with E-state index in [-0.39, 0.29) is 34.3 Å². The highest BCUT2D eigenvalue weighted by molar-refractivity contribution is 7.96. The molecular formula is C17H18FN3O4S. The van der Waals surface area contributed by atoms with Crippen LogP contribution in [0.1, 0.15) is 17.3 Å². The van der Waals surface area contributed by atoms with Crippen LogP contribution in [0.4, 0.5) is 4.39 Å². The summed E-state index contributed by atoms with van der Waals surface area (Å²) >= 11 is 3.73. The molecule has 138 valence electrons. The molecule has 0 saturated heterocycles. The maximum absolute atomic E-state index is 13.3. The van der Waals surface area contributed by atoms with E-state index >= 15 is 0 Å².